The van der Waals surface area contributed by atoms with E-state index in [1.807, 2.05) is 30.3 Å². The van der Waals surface area contributed by atoms with Gasteiger partial charge in [-0.15, -0.1) is 0 Å². The number of nitrogens with zero attached hydrogens (tertiary/aromatic N) is 3. The van der Waals surface area contributed by atoms with Gasteiger partial charge in [-0.25, -0.2) is 14.3 Å². The lowest BCUT2D eigenvalue weighted by Crippen LogP contribution is -2.41. The van der Waals surface area contributed by atoms with Crippen molar-refractivity contribution in [3.8, 4) is 0 Å². The fourth-order valence-corrected chi connectivity index (χ4v) is 5.90. The maximum atomic E-state index is 13.3. The van der Waals surface area contributed by atoms with Gasteiger partial charge in [-0.1, -0.05) is 56.0 Å². The summed E-state index contributed by atoms with van der Waals surface area (Å²) in [6.45, 7) is 0.105. The molecule has 1 aromatic carbocycles. The fourth-order valence-electron chi connectivity index (χ4n) is 5.90. The minimum Gasteiger partial charge on any atom is -0.480 e. The first-order valence-electron chi connectivity index (χ1n) is 14.0. The van der Waals surface area contributed by atoms with Gasteiger partial charge in [0.1, 0.15) is 12.6 Å². The molecule has 3 atom stereocenters. The first-order chi connectivity index (χ1) is 20.0. The number of carboxylic acid groups (broad SMARTS) is 1. The number of nitrogens with one attached hydrogen (secondary N) is 2. The molecule has 2 amide bonds. The van der Waals surface area contributed by atoms with Crippen molar-refractivity contribution in [1.82, 2.24) is 25.2 Å². The summed E-state index contributed by atoms with van der Waals surface area (Å²) in [6.07, 6.45) is 2.21. The van der Waals surface area contributed by atoms with Crippen molar-refractivity contribution >= 4 is 23.6 Å². The molecule has 0 bridgehead atoms. The number of rotatable bonds is 8. The Labute approximate surface area is 239 Å². The smallest absolute Gasteiger partial charge is 0.408 e. The summed E-state index contributed by atoms with van der Waals surface area (Å²) in [6, 6.07) is 8.08. The fraction of sp³-hybridized carbons (Fsp3) is 0.483. The number of halogens is 3. The van der Waals surface area contributed by atoms with Crippen LogP contribution in [0.3, 0.4) is 0 Å². The Kier molecular flexibility index (Phi) is 8.37. The van der Waals surface area contributed by atoms with Gasteiger partial charge in [0.2, 0.25) is 5.91 Å². The highest BCUT2D eigenvalue weighted by Gasteiger charge is 2.59. The van der Waals surface area contributed by atoms with Crippen LogP contribution in [0.2, 0.25) is 0 Å². The maximum Gasteiger partial charge on any atom is 0.408 e. The Morgan fingerprint density at radius 3 is 2.50 bits per heavy atom. The molecule has 5 rings (SSSR count). The van der Waals surface area contributed by atoms with Crippen molar-refractivity contribution in [2.24, 2.45) is 11.3 Å². The van der Waals surface area contributed by atoms with E-state index in [1.54, 1.807) is 11.5 Å². The van der Waals surface area contributed by atoms with Crippen LogP contribution in [0.4, 0.5) is 18.0 Å². The molecular weight excluding hydrogens is 555 g/mol. The Hall–Kier alpha value is -4.16. The predicted octanol–water partition coefficient (Wildman–Crippen LogP) is 4.73. The first kappa shape index (κ1) is 29.3. The SMILES string of the molecule is O=C(N[C@H](c1cn2ncc(CC3(C(=O)O)C[C@@H](C(F)(F)F)NC3=O)cc2n1)C1CCCCCC1)OCc1ccccc1. The zero-order chi connectivity index (χ0) is 29.9. The third kappa shape index (κ3) is 6.34. The van der Waals surface area contributed by atoms with Gasteiger partial charge in [-0.05, 0) is 42.4 Å². The number of imidazole rings is 1. The zero-order valence-corrected chi connectivity index (χ0v) is 22.8. The molecule has 1 saturated heterocycles. The second kappa shape index (κ2) is 12.0. The molecule has 10 nitrogen and oxygen atoms in total. The number of carbonyl (C=O) groups excluding carboxylic acids is 2. The standard InChI is InChI=1S/C29H32F3N5O5/c30-29(31,32)22-14-28(26(39)40,25(38)35-22)13-19-12-23-34-21(16-37(23)33-15-19)24(20-10-6-1-2-7-11-20)36-27(41)42-17-18-8-4-3-5-9-18/h3-5,8-9,12,15-16,20,22,24H,1-2,6-7,10-11,13-14,17H2,(H,35,38)(H,36,41)(H,39,40)/t22-,24-,28?/m0/s1. The number of amides is 2. The van der Waals surface area contributed by atoms with Crippen molar-refractivity contribution < 1.29 is 37.4 Å². The molecule has 0 radical (unpaired) electrons. The number of carbonyl (C=O) groups is 3. The van der Waals surface area contributed by atoms with E-state index in [2.05, 4.69) is 15.4 Å². The molecule has 2 aromatic heterocycles. The second-order valence-electron chi connectivity index (χ2n) is 11.1. The van der Waals surface area contributed by atoms with Gasteiger partial charge in [0, 0.05) is 6.42 Å². The maximum absolute atomic E-state index is 13.3. The summed E-state index contributed by atoms with van der Waals surface area (Å²) in [5, 5.41) is 18.9. The third-order valence-corrected chi connectivity index (χ3v) is 8.17. The highest BCUT2D eigenvalue weighted by molar-refractivity contribution is 6.04. The molecule has 13 heteroatoms. The van der Waals surface area contributed by atoms with Crippen LogP contribution in [0.1, 0.15) is 67.8 Å². The molecule has 1 aliphatic heterocycles. The van der Waals surface area contributed by atoms with Gasteiger partial charge in [0.15, 0.2) is 11.1 Å². The summed E-state index contributed by atoms with van der Waals surface area (Å²) in [5.41, 5.74) is -0.345. The lowest BCUT2D eigenvalue weighted by Gasteiger charge is -2.25. The average molecular weight is 588 g/mol. The molecule has 224 valence electrons. The molecule has 0 spiro atoms. The van der Waals surface area contributed by atoms with Crippen LogP contribution >= 0.6 is 0 Å². The van der Waals surface area contributed by atoms with E-state index >= 15 is 0 Å². The number of carboxylic acids is 1. The number of alkyl halides is 3. The normalized spacial score (nSPS) is 22.4. The quantitative estimate of drug-likeness (QED) is 0.256. The topological polar surface area (TPSA) is 135 Å². The van der Waals surface area contributed by atoms with Crippen LogP contribution in [0.25, 0.3) is 5.65 Å². The molecule has 1 unspecified atom stereocenters. The second-order valence-corrected chi connectivity index (χ2v) is 11.1. The monoisotopic (exact) mass is 587 g/mol. The van der Waals surface area contributed by atoms with Crippen molar-refractivity contribution in [2.75, 3.05) is 0 Å². The van der Waals surface area contributed by atoms with Crippen LogP contribution in [-0.4, -0.2) is 49.9 Å². The van der Waals surface area contributed by atoms with Crippen LogP contribution in [0.15, 0.2) is 48.8 Å². The van der Waals surface area contributed by atoms with Gasteiger partial charge in [-0.2, -0.15) is 18.3 Å². The van der Waals surface area contributed by atoms with E-state index in [9.17, 15) is 32.7 Å². The molecule has 3 N–H and O–H groups in total. The Balaban J connectivity index is 1.38. The van der Waals surface area contributed by atoms with Gasteiger partial charge < -0.3 is 20.5 Å². The molecule has 1 aliphatic carbocycles. The van der Waals surface area contributed by atoms with Crippen LogP contribution in [0, 0.1) is 11.3 Å². The zero-order valence-electron chi connectivity index (χ0n) is 22.8. The Bertz CT molecular complexity index is 1440. The Morgan fingerprint density at radius 1 is 1.14 bits per heavy atom. The van der Waals surface area contributed by atoms with Gasteiger partial charge in [-0.3, -0.25) is 9.59 Å². The number of hydrogen-bond acceptors (Lipinski definition) is 6. The highest BCUT2D eigenvalue weighted by Crippen LogP contribution is 2.40. The number of fused-ring (bicyclic) bond motifs is 1. The number of benzene rings is 1. The first-order valence-corrected chi connectivity index (χ1v) is 14.0. The van der Waals surface area contributed by atoms with E-state index < -0.39 is 54.5 Å². The van der Waals surface area contributed by atoms with E-state index in [4.69, 9.17) is 4.74 Å². The molecule has 2 aliphatic rings. The summed E-state index contributed by atoms with van der Waals surface area (Å²) < 4.78 is 46.8. The molecule has 42 heavy (non-hydrogen) atoms. The lowest BCUT2D eigenvalue weighted by molar-refractivity contribution is -0.157. The molecule has 3 aromatic rings. The van der Waals surface area contributed by atoms with Crippen LogP contribution in [0.5, 0.6) is 0 Å². The average Bonchev–Trinajstić information content (AvgIpc) is 3.41. The molecule has 1 saturated carbocycles. The van der Waals surface area contributed by atoms with Gasteiger partial charge >= 0.3 is 18.2 Å². The minimum atomic E-state index is -4.77. The number of aliphatic carboxylic acids is 1. The van der Waals surface area contributed by atoms with Gasteiger partial charge in [0.05, 0.1) is 24.1 Å². The van der Waals surface area contributed by atoms with Crippen molar-refractivity contribution in [2.45, 2.75) is 76.2 Å². The van der Waals surface area contributed by atoms with Crippen molar-refractivity contribution in [1.29, 1.82) is 0 Å². The number of aromatic nitrogens is 3. The molecule has 3 heterocycles. The van der Waals surface area contributed by atoms with E-state index in [1.165, 1.54) is 16.8 Å². The number of alkyl carbamates (subject to hydrolysis) is 1. The minimum absolute atomic E-state index is 0.0953. The summed E-state index contributed by atoms with van der Waals surface area (Å²) >= 11 is 0. The summed E-state index contributed by atoms with van der Waals surface area (Å²) in [7, 11) is 0. The van der Waals surface area contributed by atoms with E-state index in [-0.39, 0.29) is 18.1 Å². The van der Waals surface area contributed by atoms with Crippen LogP contribution < -0.4 is 10.6 Å². The highest BCUT2D eigenvalue weighted by atomic mass is 19.4. The lowest BCUT2D eigenvalue weighted by atomic mass is 9.79. The largest absolute Gasteiger partial charge is 0.480 e. The summed E-state index contributed by atoms with van der Waals surface area (Å²) in [4.78, 5) is 42.1. The number of hydrogen-bond donors (Lipinski definition) is 3. The Morgan fingerprint density at radius 2 is 1.86 bits per heavy atom. The molecular formula is C29H32F3N5O5. The molecule has 2 fully saturated rings. The van der Waals surface area contributed by atoms with Crippen LogP contribution in [-0.2, 0) is 27.4 Å². The summed E-state index contributed by atoms with van der Waals surface area (Å²) in [5.74, 6) is -2.73. The van der Waals surface area contributed by atoms with Crippen molar-refractivity contribution in [3.05, 3.63) is 65.6 Å². The third-order valence-electron chi connectivity index (χ3n) is 8.17. The number of ether oxygens (including phenoxy) is 1. The predicted molar refractivity (Wildman–Crippen MR) is 143 cm³/mol. The van der Waals surface area contributed by atoms with Gasteiger partial charge in [0.25, 0.3) is 0 Å². The van der Waals surface area contributed by atoms with E-state index in [0.717, 1.165) is 44.1 Å². The van der Waals surface area contributed by atoms with E-state index in [0.29, 0.717) is 11.3 Å². The van der Waals surface area contributed by atoms with Crippen molar-refractivity contribution in [3.63, 3.8) is 0 Å².